The van der Waals surface area contributed by atoms with E-state index in [1.165, 1.54) is 25.7 Å². The Kier molecular flexibility index (Phi) is 4.18. The van der Waals surface area contributed by atoms with Crippen LogP contribution in [0.5, 0.6) is 0 Å². The van der Waals surface area contributed by atoms with Crippen LogP contribution in [0.3, 0.4) is 0 Å². The van der Waals surface area contributed by atoms with E-state index in [1.807, 2.05) is 0 Å². The molecule has 0 aliphatic heterocycles. The minimum absolute atomic E-state index is 0.124. The molecule has 4 heteroatoms. The van der Waals surface area contributed by atoms with Gasteiger partial charge in [-0.1, -0.05) is 25.8 Å². The Hall–Kier alpha value is -1.58. The van der Waals surface area contributed by atoms with Crippen LogP contribution in [-0.2, 0) is 0 Å². The summed E-state index contributed by atoms with van der Waals surface area (Å²) in [6, 6.07) is 5.12. The quantitative estimate of drug-likeness (QED) is 0.860. The molecular formula is C14H21N3O. The summed E-state index contributed by atoms with van der Waals surface area (Å²) < 4.78 is 0. The van der Waals surface area contributed by atoms with Crippen molar-refractivity contribution >= 4 is 11.7 Å². The van der Waals surface area contributed by atoms with E-state index < -0.39 is 0 Å². The Bertz CT molecular complexity index is 411. The van der Waals surface area contributed by atoms with Crippen molar-refractivity contribution in [1.29, 1.82) is 0 Å². The summed E-state index contributed by atoms with van der Waals surface area (Å²) in [6.45, 7) is 3.05. The molecule has 0 radical (unpaired) electrons. The molecule has 98 valence electrons. The molecule has 0 bridgehead atoms. The van der Waals surface area contributed by atoms with Gasteiger partial charge in [0, 0.05) is 6.54 Å². The highest BCUT2D eigenvalue weighted by Gasteiger charge is 2.19. The second-order valence-corrected chi connectivity index (χ2v) is 5.28. The van der Waals surface area contributed by atoms with Crippen LogP contribution in [0, 0.1) is 11.8 Å². The zero-order valence-corrected chi connectivity index (χ0v) is 10.9. The first kappa shape index (κ1) is 12.9. The van der Waals surface area contributed by atoms with Crippen LogP contribution >= 0.6 is 0 Å². The maximum Gasteiger partial charge on any atom is 0.269 e. The average Bonchev–Trinajstić information content (AvgIpc) is 2.38. The van der Waals surface area contributed by atoms with Crippen molar-refractivity contribution in [3.8, 4) is 0 Å². The van der Waals surface area contributed by atoms with Gasteiger partial charge in [-0.2, -0.15) is 0 Å². The fraction of sp³-hybridized carbons (Fsp3) is 0.571. The zero-order valence-electron chi connectivity index (χ0n) is 10.9. The van der Waals surface area contributed by atoms with Crippen molar-refractivity contribution in [3.05, 3.63) is 23.9 Å². The van der Waals surface area contributed by atoms with Gasteiger partial charge in [0.1, 0.15) is 11.5 Å². The van der Waals surface area contributed by atoms with Crippen molar-refractivity contribution in [3.63, 3.8) is 0 Å². The van der Waals surface area contributed by atoms with Gasteiger partial charge in [0.25, 0.3) is 5.91 Å². The number of anilines is 1. The van der Waals surface area contributed by atoms with Gasteiger partial charge < -0.3 is 11.1 Å². The lowest BCUT2D eigenvalue weighted by atomic mass is 9.83. The number of nitrogen functional groups attached to an aromatic ring is 1. The van der Waals surface area contributed by atoms with Gasteiger partial charge in [-0.3, -0.25) is 4.79 Å². The van der Waals surface area contributed by atoms with Gasteiger partial charge in [0.15, 0.2) is 0 Å². The third-order valence-corrected chi connectivity index (χ3v) is 3.69. The van der Waals surface area contributed by atoms with Crippen LogP contribution in [0.15, 0.2) is 18.2 Å². The number of rotatable bonds is 3. The smallest absolute Gasteiger partial charge is 0.269 e. The van der Waals surface area contributed by atoms with Crippen LogP contribution in [-0.4, -0.2) is 17.4 Å². The van der Waals surface area contributed by atoms with Crippen molar-refractivity contribution in [1.82, 2.24) is 10.3 Å². The summed E-state index contributed by atoms with van der Waals surface area (Å²) in [5, 5.41) is 2.95. The third kappa shape index (κ3) is 3.45. The van der Waals surface area contributed by atoms with Gasteiger partial charge in [0.05, 0.1) is 0 Å². The van der Waals surface area contributed by atoms with E-state index >= 15 is 0 Å². The molecule has 3 N–H and O–H groups in total. The van der Waals surface area contributed by atoms with Gasteiger partial charge in [-0.25, -0.2) is 4.98 Å². The van der Waals surface area contributed by atoms with E-state index in [-0.39, 0.29) is 5.91 Å². The first-order chi connectivity index (χ1) is 8.65. The molecule has 1 aromatic heterocycles. The summed E-state index contributed by atoms with van der Waals surface area (Å²) in [5.41, 5.74) is 5.96. The molecule has 0 atom stereocenters. The fourth-order valence-electron chi connectivity index (χ4n) is 2.44. The zero-order chi connectivity index (χ0) is 13.0. The number of carbonyl (C=O) groups excluding carboxylic acids is 1. The van der Waals surface area contributed by atoms with E-state index in [0.717, 1.165) is 12.5 Å². The van der Waals surface area contributed by atoms with E-state index in [4.69, 9.17) is 5.73 Å². The molecule has 0 unspecified atom stereocenters. The molecule has 1 heterocycles. The number of nitrogens with zero attached hydrogens (tertiary/aromatic N) is 1. The molecule has 0 saturated heterocycles. The number of nitrogens with two attached hydrogens (primary N) is 1. The van der Waals surface area contributed by atoms with Crippen LogP contribution in [0.2, 0.25) is 0 Å². The molecule has 1 aliphatic carbocycles. The maximum atomic E-state index is 11.9. The van der Waals surface area contributed by atoms with Gasteiger partial charge in [-0.05, 0) is 36.8 Å². The van der Waals surface area contributed by atoms with E-state index in [0.29, 0.717) is 17.4 Å². The molecule has 1 aromatic rings. The summed E-state index contributed by atoms with van der Waals surface area (Å²) in [4.78, 5) is 15.9. The Balaban J connectivity index is 1.81. The number of nitrogens with one attached hydrogen (secondary N) is 1. The Morgan fingerprint density at radius 2 is 2.11 bits per heavy atom. The number of hydrogen-bond donors (Lipinski definition) is 2. The monoisotopic (exact) mass is 247 g/mol. The average molecular weight is 247 g/mol. The first-order valence-corrected chi connectivity index (χ1v) is 6.66. The van der Waals surface area contributed by atoms with Crippen molar-refractivity contribution < 1.29 is 4.79 Å². The lowest BCUT2D eigenvalue weighted by molar-refractivity contribution is 0.0937. The number of aromatic nitrogens is 1. The normalized spacial score (nSPS) is 23.6. The molecule has 1 fully saturated rings. The predicted molar refractivity (Wildman–Crippen MR) is 72.1 cm³/mol. The van der Waals surface area contributed by atoms with Gasteiger partial charge in [-0.15, -0.1) is 0 Å². The van der Waals surface area contributed by atoms with Crippen LogP contribution < -0.4 is 11.1 Å². The number of carbonyl (C=O) groups is 1. The molecule has 2 rings (SSSR count). The highest BCUT2D eigenvalue weighted by atomic mass is 16.1. The van der Waals surface area contributed by atoms with Gasteiger partial charge in [0.2, 0.25) is 0 Å². The minimum atomic E-state index is -0.124. The summed E-state index contributed by atoms with van der Waals surface area (Å²) >= 11 is 0. The Labute approximate surface area is 108 Å². The summed E-state index contributed by atoms with van der Waals surface area (Å²) in [6.07, 6.45) is 4.98. The van der Waals surface area contributed by atoms with E-state index in [1.54, 1.807) is 18.2 Å². The summed E-state index contributed by atoms with van der Waals surface area (Å²) in [7, 11) is 0. The minimum Gasteiger partial charge on any atom is -0.384 e. The van der Waals surface area contributed by atoms with Crippen molar-refractivity contribution in [2.24, 2.45) is 11.8 Å². The molecule has 1 amide bonds. The maximum absolute atomic E-state index is 11.9. The molecule has 18 heavy (non-hydrogen) atoms. The SMILES string of the molecule is CC1CCC(CNC(=O)c2cccc(N)n2)CC1. The second-order valence-electron chi connectivity index (χ2n) is 5.28. The fourth-order valence-corrected chi connectivity index (χ4v) is 2.44. The number of pyridine rings is 1. The third-order valence-electron chi connectivity index (χ3n) is 3.69. The predicted octanol–water partition coefficient (Wildman–Crippen LogP) is 2.22. The lowest BCUT2D eigenvalue weighted by Crippen LogP contribution is -2.31. The molecule has 1 saturated carbocycles. The van der Waals surface area contributed by atoms with Crippen LogP contribution in [0.1, 0.15) is 43.1 Å². The second kappa shape index (κ2) is 5.85. The highest BCUT2D eigenvalue weighted by Crippen LogP contribution is 2.27. The Morgan fingerprint density at radius 3 is 2.78 bits per heavy atom. The largest absolute Gasteiger partial charge is 0.384 e. The van der Waals surface area contributed by atoms with E-state index in [9.17, 15) is 4.79 Å². The first-order valence-electron chi connectivity index (χ1n) is 6.66. The van der Waals surface area contributed by atoms with Crippen LogP contribution in [0.25, 0.3) is 0 Å². The van der Waals surface area contributed by atoms with E-state index in [2.05, 4.69) is 17.2 Å². The topological polar surface area (TPSA) is 68.0 Å². The van der Waals surface area contributed by atoms with Crippen molar-refractivity contribution in [2.45, 2.75) is 32.6 Å². The standard InChI is InChI=1S/C14H21N3O/c1-10-5-7-11(8-6-10)9-16-14(18)12-3-2-4-13(15)17-12/h2-4,10-11H,5-9H2,1H3,(H2,15,17)(H,16,18). The van der Waals surface area contributed by atoms with Gasteiger partial charge >= 0.3 is 0 Å². The molecular weight excluding hydrogens is 226 g/mol. The molecule has 0 aromatic carbocycles. The number of amides is 1. The van der Waals surface area contributed by atoms with Crippen molar-refractivity contribution in [2.75, 3.05) is 12.3 Å². The highest BCUT2D eigenvalue weighted by molar-refractivity contribution is 5.92. The Morgan fingerprint density at radius 1 is 1.39 bits per heavy atom. The van der Waals surface area contributed by atoms with Crippen LogP contribution in [0.4, 0.5) is 5.82 Å². The molecule has 4 nitrogen and oxygen atoms in total. The lowest BCUT2D eigenvalue weighted by Gasteiger charge is -2.26. The summed E-state index contributed by atoms with van der Waals surface area (Å²) in [5.74, 6) is 1.72. The number of hydrogen-bond acceptors (Lipinski definition) is 3. The molecule has 1 aliphatic rings. The molecule has 0 spiro atoms.